The summed E-state index contributed by atoms with van der Waals surface area (Å²) in [6.07, 6.45) is 0. The van der Waals surface area contributed by atoms with Gasteiger partial charge in [0.05, 0.1) is 29.7 Å². The van der Waals surface area contributed by atoms with Crippen LogP contribution in [-0.2, 0) is 5.88 Å². The van der Waals surface area contributed by atoms with Crippen LogP contribution in [0.5, 0.6) is 5.75 Å². The molecule has 5 heteroatoms. The van der Waals surface area contributed by atoms with Crippen LogP contribution < -0.4 is 4.74 Å². The molecule has 0 saturated heterocycles. The molecule has 108 valence electrons. The average Bonchev–Trinajstić information content (AvgIpc) is 2.87. The zero-order valence-corrected chi connectivity index (χ0v) is 12.5. The fourth-order valence-corrected chi connectivity index (χ4v) is 2.61. The SMILES string of the molecule is COc1ccc2c(c1)nc(CCl)n2-c1cccc(F)c1C. The van der Waals surface area contributed by atoms with Gasteiger partial charge in [0.15, 0.2) is 0 Å². The number of aromatic nitrogens is 2. The Hall–Kier alpha value is -2.07. The summed E-state index contributed by atoms with van der Waals surface area (Å²) in [5.74, 6) is 1.40. The van der Waals surface area contributed by atoms with Crippen LogP contribution in [0.4, 0.5) is 4.39 Å². The number of nitrogens with zero attached hydrogens (tertiary/aromatic N) is 2. The molecule has 0 unspecified atom stereocenters. The third-order valence-electron chi connectivity index (χ3n) is 3.53. The van der Waals surface area contributed by atoms with Crippen molar-refractivity contribution < 1.29 is 9.13 Å². The van der Waals surface area contributed by atoms with Crippen LogP contribution in [0.2, 0.25) is 0 Å². The van der Waals surface area contributed by atoms with Gasteiger partial charge in [-0.05, 0) is 31.2 Å². The van der Waals surface area contributed by atoms with E-state index in [0.29, 0.717) is 11.4 Å². The lowest BCUT2D eigenvalue weighted by Gasteiger charge is -2.11. The molecule has 1 aromatic heterocycles. The van der Waals surface area contributed by atoms with Crippen molar-refractivity contribution in [2.24, 2.45) is 0 Å². The molecule has 0 bridgehead atoms. The maximum Gasteiger partial charge on any atom is 0.129 e. The lowest BCUT2D eigenvalue weighted by Crippen LogP contribution is -2.02. The minimum absolute atomic E-state index is 0.243. The first-order valence-corrected chi connectivity index (χ1v) is 7.06. The number of ether oxygens (including phenoxy) is 1. The molecule has 0 saturated carbocycles. The van der Waals surface area contributed by atoms with E-state index in [1.807, 2.05) is 28.8 Å². The number of hydrogen-bond donors (Lipinski definition) is 0. The number of hydrogen-bond acceptors (Lipinski definition) is 2. The van der Waals surface area contributed by atoms with Crippen LogP contribution in [-0.4, -0.2) is 16.7 Å². The molecule has 3 nitrogen and oxygen atoms in total. The highest BCUT2D eigenvalue weighted by Gasteiger charge is 2.15. The summed E-state index contributed by atoms with van der Waals surface area (Å²) in [7, 11) is 1.61. The molecule has 0 aliphatic carbocycles. The molecule has 2 aromatic carbocycles. The van der Waals surface area contributed by atoms with Gasteiger partial charge in [0, 0.05) is 11.6 Å². The van der Waals surface area contributed by atoms with Crippen LogP contribution in [0.15, 0.2) is 36.4 Å². The predicted octanol–water partition coefficient (Wildman–Crippen LogP) is 4.22. The number of alkyl halides is 1. The highest BCUT2D eigenvalue weighted by molar-refractivity contribution is 6.17. The maximum absolute atomic E-state index is 13.8. The second kappa shape index (κ2) is 5.37. The Morgan fingerprint density at radius 1 is 1.29 bits per heavy atom. The highest BCUT2D eigenvalue weighted by Crippen LogP contribution is 2.28. The van der Waals surface area contributed by atoms with Crippen molar-refractivity contribution in [1.29, 1.82) is 0 Å². The first-order chi connectivity index (χ1) is 10.2. The van der Waals surface area contributed by atoms with E-state index in [2.05, 4.69) is 4.98 Å². The minimum Gasteiger partial charge on any atom is -0.497 e. The maximum atomic E-state index is 13.8. The molecule has 0 aliphatic heterocycles. The van der Waals surface area contributed by atoms with E-state index in [4.69, 9.17) is 16.3 Å². The largest absolute Gasteiger partial charge is 0.497 e. The Bertz CT molecular complexity index is 813. The Labute approximate surface area is 126 Å². The van der Waals surface area contributed by atoms with Crippen molar-refractivity contribution in [3.8, 4) is 11.4 Å². The second-order valence-electron chi connectivity index (χ2n) is 4.74. The van der Waals surface area contributed by atoms with Crippen LogP contribution in [0, 0.1) is 12.7 Å². The van der Waals surface area contributed by atoms with Crippen molar-refractivity contribution in [2.45, 2.75) is 12.8 Å². The summed E-state index contributed by atoms with van der Waals surface area (Å²) >= 11 is 6.01. The summed E-state index contributed by atoms with van der Waals surface area (Å²) < 4.78 is 20.9. The van der Waals surface area contributed by atoms with Gasteiger partial charge < -0.3 is 4.74 Å². The van der Waals surface area contributed by atoms with E-state index in [1.165, 1.54) is 6.07 Å². The van der Waals surface area contributed by atoms with Crippen molar-refractivity contribution in [1.82, 2.24) is 9.55 Å². The normalized spacial score (nSPS) is 11.0. The Kier molecular flexibility index (Phi) is 3.55. The molecular weight excluding hydrogens is 291 g/mol. The van der Waals surface area contributed by atoms with Crippen molar-refractivity contribution >= 4 is 22.6 Å². The van der Waals surface area contributed by atoms with E-state index in [9.17, 15) is 4.39 Å². The van der Waals surface area contributed by atoms with Gasteiger partial charge in [-0.1, -0.05) is 6.07 Å². The third-order valence-corrected chi connectivity index (χ3v) is 3.77. The first-order valence-electron chi connectivity index (χ1n) is 6.52. The Morgan fingerprint density at radius 2 is 2.10 bits per heavy atom. The van der Waals surface area contributed by atoms with Crippen molar-refractivity contribution in [2.75, 3.05) is 7.11 Å². The Morgan fingerprint density at radius 3 is 2.81 bits per heavy atom. The number of fused-ring (bicyclic) bond motifs is 1. The number of methoxy groups -OCH3 is 1. The van der Waals surface area contributed by atoms with E-state index in [0.717, 1.165) is 22.5 Å². The third kappa shape index (κ3) is 2.25. The van der Waals surface area contributed by atoms with E-state index >= 15 is 0 Å². The fourth-order valence-electron chi connectivity index (χ4n) is 2.43. The number of halogens is 2. The Balaban J connectivity index is 2.32. The quantitative estimate of drug-likeness (QED) is 0.677. The molecule has 0 spiro atoms. The van der Waals surface area contributed by atoms with E-state index in [1.54, 1.807) is 20.1 Å². The van der Waals surface area contributed by atoms with Crippen molar-refractivity contribution in [3.63, 3.8) is 0 Å². The molecule has 0 atom stereocenters. The predicted molar refractivity (Wildman–Crippen MR) is 81.9 cm³/mol. The monoisotopic (exact) mass is 304 g/mol. The standard InChI is InChI=1S/C16H14ClFN2O/c1-10-12(18)4-3-5-14(10)20-15-7-6-11(21-2)8-13(15)19-16(20)9-17/h3-8H,9H2,1-2H3. The van der Waals surface area contributed by atoms with Crippen LogP contribution in [0.1, 0.15) is 11.4 Å². The van der Waals surface area contributed by atoms with Crippen LogP contribution in [0.3, 0.4) is 0 Å². The summed E-state index contributed by atoms with van der Waals surface area (Å²) in [5, 5.41) is 0. The molecule has 0 amide bonds. The minimum atomic E-state index is -0.247. The molecular formula is C16H14ClFN2O. The first kappa shape index (κ1) is 13.9. The zero-order chi connectivity index (χ0) is 15.0. The summed E-state index contributed by atoms with van der Waals surface area (Å²) in [4.78, 5) is 4.52. The fraction of sp³-hybridized carbons (Fsp3) is 0.188. The molecule has 1 heterocycles. The van der Waals surface area contributed by atoms with Gasteiger partial charge in [0.2, 0.25) is 0 Å². The van der Waals surface area contributed by atoms with Crippen LogP contribution in [0.25, 0.3) is 16.7 Å². The van der Waals surface area contributed by atoms with Gasteiger partial charge in [0.25, 0.3) is 0 Å². The van der Waals surface area contributed by atoms with Crippen molar-refractivity contribution in [3.05, 3.63) is 53.6 Å². The molecule has 0 aliphatic rings. The average molecular weight is 305 g/mol. The molecule has 3 rings (SSSR count). The highest BCUT2D eigenvalue weighted by atomic mass is 35.5. The van der Waals surface area contributed by atoms with Gasteiger partial charge in [-0.25, -0.2) is 9.37 Å². The molecule has 0 radical (unpaired) electrons. The van der Waals surface area contributed by atoms with E-state index in [-0.39, 0.29) is 11.7 Å². The van der Waals surface area contributed by atoms with Gasteiger partial charge in [0.1, 0.15) is 17.4 Å². The van der Waals surface area contributed by atoms with E-state index < -0.39 is 0 Å². The number of rotatable bonds is 3. The van der Waals surface area contributed by atoms with Gasteiger partial charge in [-0.2, -0.15) is 0 Å². The van der Waals surface area contributed by atoms with Crippen LogP contribution >= 0.6 is 11.6 Å². The smallest absolute Gasteiger partial charge is 0.129 e. The number of benzene rings is 2. The summed E-state index contributed by atoms with van der Waals surface area (Å²) in [6.45, 7) is 1.75. The lowest BCUT2D eigenvalue weighted by atomic mass is 10.2. The summed E-state index contributed by atoms with van der Waals surface area (Å²) in [6, 6.07) is 10.6. The molecule has 21 heavy (non-hydrogen) atoms. The van der Waals surface area contributed by atoms with Gasteiger partial charge >= 0.3 is 0 Å². The molecule has 3 aromatic rings. The second-order valence-corrected chi connectivity index (χ2v) is 5.00. The lowest BCUT2D eigenvalue weighted by molar-refractivity contribution is 0.415. The van der Waals surface area contributed by atoms with Gasteiger partial charge in [-0.3, -0.25) is 4.57 Å². The molecule has 0 N–H and O–H groups in total. The molecule has 0 fully saturated rings. The summed E-state index contributed by atoms with van der Waals surface area (Å²) in [5.41, 5.74) is 2.96. The number of imidazole rings is 1. The topological polar surface area (TPSA) is 27.1 Å². The zero-order valence-electron chi connectivity index (χ0n) is 11.7. The van der Waals surface area contributed by atoms with Gasteiger partial charge in [-0.15, -0.1) is 11.6 Å².